The summed E-state index contributed by atoms with van der Waals surface area (Å²) < 4.78 is 7.48. The molecule has 1 aromatic heterocycles. The molecule has 1 N–H and O–H groups in total. The molecule has 2 aromatic rings. The van der Waals surface area contributed by atoms with Crippen molar-refractivity contribution in [3.63, 3.8) is 0 Å². The molecule has 1 aliphatic carbocycles. The first-order chi connectivity index (χ1) is 13.8. The summed E-state index contributed by atoms with van der Waals surface area (Å²) in [7, 11) is 0. The summed E-state index contributed by atoms with van der Waals surface area (Å²) in [6.45, 7) is 3.50. The average molecular weight is 417 g/mol. The zero-order valence-electron chi connectivity index (χ0n) is 16.2. The Morgan fingerprint density at radius 1 is 1.41 bits per heavy atom. The van der Waals surface area contributed by atoms with Gasteiger partial charge in [-0.05, 0) is 38.3 Å². The number of non-ortho nitro benzene ring substituents is 1. The van der Waals surface area contributed by atoms with E-state index in [4.69, 9.17) is 16.3 Å². The van der Waals surface area contributed by atoms with Crippen LogP contribution < -0.4 is 10.1 Å². The van der Waals surface area contributed by atoms with Crippen molar-refractivity contribution >= 4 is 29.0 Å². The molecule has 0 unspecified atom stereocenters. The Morgan fingerprint density at radius 2 is 2.10 bits per heavy atom. The van der Waals surface area contributed by atoms with E-state index in [2.05, 4.69) is 16.0 Å². The van der Waals surface area contributed by atoms with E-state index in [1.165, 1.54) is 18.2 Å². The lowest BCUT2D eigenvalue weighted by Gasteiger charge is -2.19. The SMILES string of the molecule is Cc1c(C#N)c(NC(=O)COc2ccc([N+](=O)[O-])cc2Cl)n(C2CCCC2)c1C. The van der Waals surface area contributed by atoms with E-state index in [1.54, 1.807) is 0 Å². The monoisotopic (exact) mass is 416 g/mol. The minimum Gasteiger partial charge on any atom is -0.482 e. The summed E-state index contributed by atoms with van der Waals surface area (Å²) in [5.41, 5.74) is 2.12. The summed E-state index contributed by atoms with van der Waals surface area (Å²) >= 11 is 5.99. The van der Waals surface area contributed by atoms with E-state index in [-0.39, 0.29) is 29.1 Å². The Bertz CT molecular complexity index is 1000. The van der Waals surface area contributed by atoms with Crippen molar-refractivity contribution in [3.05, 3.63) is 50.2 Å². The maximum atomic E-state index is 12.5. The van der Waals surface area contributed by atoms with Crippen LogP contribution in [0, 0.1) is 35.3 Å². The molecule has 0 aliphatic heterocycles. The minimum absolute atomic E-state index is 0.0470. The third-order valence-electron chi connectivity index (χ3n) is 5.30. The van der Waals surface area contributed by atoms with E-state index >= 15 is 0 Å². The normalized spacial score (nSPS) is 13.9. The number of anilines is 1. The molecule has 0 radical (unpaired) electrons. The van der Waals surface area contributed by atoms with Crippen molar-refractivity contribution in [2.45, 2.75) is 45.6 Å². The molecule has 1 heterocycles. The molecule has 3 rings (SSSR count). The van der Waals surface area contributed by atoms with Crippen LogP contribution in [-0.2, 0) is 4.79 Å². The number of nitrogens with zero attached hydrogens (tertiary/aromatic N) is 3. The highest BCUT2D eigenvalue weighted by Gasteiger charge is 2.26. The van der Waals surface area contributed by atoms with Gasteiger partial charge >= 0.3 is 0 Å². The van der Waals surface area contributed by atoms with Crippen LogP contribution >= 0.6 is 11.6 Å². The lowest BCUT2D eigenvalue weighted by Crippen LogP contribution is -2.23. The molecule has 0 saturated heterocycles. The van der Waals surface area contributed by atoms with Crippen LogP contribution in [0.15, 0.2) is 18.2 Å². The number of hydrogen-bond donors (Lipinski definition) is 1. The zero-order valence-corrected chi connectivity index (χ0v) is 17.0. The Balaban J connectivity index is 1.76. The summed E-state index contributed by atoms with van der Waals surface area (Å²) in [6, 6.07) is 6.23. The van der Waals surface area contributed by atoms with Gasteiger partial charge in [-0.25, -0.2) is 0 Å². The van der Waals surface area contributed by atoms with Crippen LogP contribution in [0.4, 0.5) is 11.5 Å². The van der Waals surface area contributed by atoms with E-state index in [1.807, 2.05) is 13.8 Å². The zero-order chi connectivity index (χ0) is 21.1. The van der Waals surface area contributed by atoms with Gasteiger partial charge < -0.3 is 14.6 Å². The van der Waals surface area contributed by atoms with Crippen LogP contribution in [0.3, 0.4) is 0 Å². The second-order valence-electron chi connectivity index (χ2n) is 7.06. The fraction of sp³-hybridized carbons (Fsp3) is 0.400. The van der Waals surface area contributed by atoms with Gasteiger partial charge in [-0.3, -0.25) is 14.9 Å². The van der Waals surface area contributed by atoms with E-state index < -0.39 is 10.8 Å². The van der Waals surface area contributed by atoms with Crippen molar-refractivity contribution in [1.82, 2.24) is 4.57 Å². The van der Waals surface area contributed by atoms with Crippen LogP contribution in [0.1, 0.15) is 48.5 Å². The van der Waals surface area contributed by atoms with Crippen LogP contribution in [0.5, 0.6) is 5.75 Å². The smallest absolute Gasteiger partial charge is 0.271 e. The quantitative estimate of drug-likeness (QED) is 0.543. The van der Waals surface area contributed by atoms with Gasteiger partial charge in [0.05, 0.1) is 15.5 Å². The van der Waals surface area contributed by atoms with Gasteiger partial charge in [0.25, 0.3) is 11.6 Å². The number of benzene rings is 1. The van der Waals surface area contributed by atoms with Gasteiger partial charge in [-0.2, -0.15) is 5.26 Å². The highest BCUT2D eigenvalue weighted by molar-refractivity contribution is 6.32. The highest BCUT2D eigenvalue weighted by atomic mass is 35.5. The number of carbonyl (C=O) groups excluding carboxylic acids is 1. The minimum atomic E-state index is -0.562. The number of carbonyl (C=O) groups is 1. The first-order valence-electron chi connectivity index (χ1n) is 9.31. The van der Waals surface area contributed by atoms with Gasteiger partial charge in [0.2, 0.25) is 0 Å². The van der Waals surface area contributed by atoms with Crippen LogP contribution in [0.25, 0.3) is 0 Å². The first kappa shape index (κ1) is 20.7. The molecule has 0 atom stereocenters. The Kier molecular flexibility index (Phi) is 6.09. The number of halogens is 1. The number of nitrogens with one attached hydrogen (secondary N) is 1. The molecule has 29 heavy (non-hydrogen) atoms. The largest absolute Gasteiger partial charge is 0.482 e. The van der Waals surface area contributed by atoms with Gasteiger partial charge in [-0.1, -0.05) is 24.4 Å². The lowest BCUT2D eigenvalue weighted by atomic mass is 10.2. The molecule has 1 aliphatic rings. The fourth-order valence-corrected chi connectivity index (χ4v) is 3.97. The Labute approximate surface area is 173 Å². The van der Waals surface area contributed by atoms with Gasteiger partial charge in [0.15, 0.2) is 6.61 Å². The molecule has 0 bridgehead atoms. The summed E-state index contributed by atoms with van der Waals surface area (Å²) in [5, 5.41) is 23.2. The molecule has 152 valence electrons. The molecule has 1 amide bonds. The number of ether oxygens (including phenoxy) is 1. The summed E-state index contributed by atoms with van der Waals surface area (Å²) in [4.78, 5) is 22.7. The van der Waals surface area contributed by atoms with Crippen molar-refractivity contribution < 1.29 is 14.5 Å². The van der Waals surface area contributed by atoms with Crippen LogP contribution in [-0.4, -0.2) is 22.0 Å². The molecule has 1 saturated carbocycles. The standard InChI is InChI=1S/C20H21ClN4O4/c1-12-13(2)24(14-5-3-4-6-14)20(16(12)10-22)23-19(26)11-29-18-8-7-15(25(27)28)9-17(18)21/h7-9,14H,3-6,11H2,1-2H3,(H,23,26). The topological polar surface area (TPSA) is 110 Å². The van der Waals surface area contributed by atoms with Gasteiger partial charge in [-0.15, -0.1) is 0 Å². The molecule has 9 heteroatoms. The number of nitro groups is 1. The number of amides is 1. The summed E-state index contributed by atoms with van der Waals surface area (Å²) in [6.07, 6.45) is 4.27. The molecular weight excluding hydrogens is 396 g/mol. The maximum Gasteiger partial charge on any atom is 0.271 e. The van der Waals surface area contributed by atoms with Crippen LogP contribution in [0.2, 0.25) is 5.02 Å². The number of rotatable bonds is 6. The predicted octanol–water partition coefficient (Wildman–Crippen LogP) is 4.67. The molecule has 1 aromatic carbocycles. The van der Waals surface area contributed by atoms with Crippen molar-refractivity contribution in [2.24, 2.45) is 0 Å². The fourth-order valence-electron chi connectivity index (χ4n) is 3.74. The molecule has 1 fully saturated rings. The second kappa shape index (κ2) is 8.53. The van der Waals surface area contributed by atoms with E-state index in [9.17, 15) is 20.2 Å². The third-order valence-corrected chi connectivity index (χ3v) is 5.60. The predicted molar refractivity (Wildman–Crippen MR) is 108 cm³/mol. The average Bonchev–Trinajstić information content (AvgIpc) is 3.28. The number of nitriles is 1. The number of aromatic nitrogens is 1. The van der Waals surface area contributed by atoms with Crippen molar-refractivity contribution in [3.8, 4) is 11.8 Å². The molecule has 8 nitrogen and oxygen atoms in total. The van der Waals surface area contributed by atoms with Gasteiger partial charge in [0, 0.05) is 23.9 Å². The molecular formula is C20H21ClN4O4. The van der Waals surface area contributed by atoms with Crippen molar-refractivity contribution in [2.75, 3.05) is 11.9 Å². The Morgan fingerprint density at radius 3 is 2.69 bits per heavy atom. The number of nitro benzene ring substituents is 1. The molecule has 0 spiro atoms. The number of hydrogen-bond acceptors (Lipinski definition) is 5. The highest BCUT2D eigenvalue weighted by Crippen LogP contribution is 2.37. The van der Waals surface area contributed by atoms with E-state index in [0.717, 1.165) is 36.9 Å². The lowest BCUT2D eigenvalue weighted by molar-refractivity contribution is -0.384. The second-order valence-corrected chi connectivity index (χ2v) is 7.47. The van der Waals surface area contributed by atoms with E-state index in [0.29, 0.717) is 11.4 Å². The Hall–Kier alpha value is -3.05. The summed E-state index contributed by atoms with van der Waals surface area (Å²) in [5.74, 6) is 0.233. The first-order valence-corrected chi connectivity index (χ1v) is 9.69. The van der Waals surface area contributed by atoms with Gasteiger partial charge in [0.1, 0.15) is 17.6 Å². The maximum absolute atomic E-state index is 12.5. The third kappa shape index (κ3) is 4.20. The van der Waals surface area contributed by atoms with Crippen molar-refractivity contribution in [1.29, 1.82) is 5.26 Å².